The number of benzene rings is 2. The van der Waals surface area contributed by atoms with Gasteiger partial charge in [0.15, 0.2) is 0 Å². The summed E-state index contributed by atoms with van der Waals surface area (Å²) in [7, 11) is 0. The number of carbonyl (C=O) groups is 2. The van der Waals surface area contributed by atoms with Crippen LogP contribution in [0.4, 0.5) is 0 Å². The van der Waals surface area contributed by atoms with Gasteiger partial charge in [0, 0.05) is 24.2 Å². The molecule has 0 aliphatic heterocycles. The first kappa shape index (κ1) is 19.4. The molecule has 6 heteroatoms. The monoisotopic (exact) mass is 413 g/mol. The second kappa shape index (κ2) is 7.28. The molecule has 0 radical (unpaired) electrons. The molecular formula is C25H23N3O3. The lowest BCUT2D eigenvalue weighted by atomic mass is 9.50. The molecule has 156 valence electrons. The van der Waals surface area contributed by atoms with Crippen LogP contribution in [0, 0.1) is 22.7 Å². The van der Waals surface area contributed by atoms with Crippen LogP contribution in [0.5, 0.6) is 0 Å². The Balaban J connectivity index is 1.31. The van der Waals surface area contributed by atoms with Crippen molar-refractivity contribution in [2.45, 2.75) is 38.3 Å². The van der Waals surface area contributed by atoms with E-state index in [2.05, 4.69) is 16.0 Å². The van der Waals surface area contributed by atoms with Crippen molar-refractivity contribution in [2.75, 3.05) is 0 Å². The van der Waals surface area contributed by atoms with Crippen molar-refractivity contribution in [3.05, 3.63) is 71.4 Å². The minimum atomic E-state index is -0.701. The van der Waals surface area contributed by atoms with Gasteiger partial charge in [0.05, 0.1) is 28.6 Å². The van der Waals surface area contributed by atoms with Crippen LogP contribution in [0.1, 0.15) is 47.2 Å². The standard InChI is InChI=1S/C25H23N3O3/c26-14-16-4-6-17(7-5-16)15-28-9-8-18-2-1-3-21(22(18)28)23(29)27-20-12-25(13-20)10-19(11-25)24(30)31/h1-9,19-20H,10-13,15H2,(H,27,29)(H,30,31). The van der Waals surface area contributed by atoms with Crippen LogP contribution in [0.3, 0.4) is 0 Å². The maximum atomic E-state index is 13.1. The van der Waals surface area contributed by atoms with E-state index < -0.39 is 5.97 Å². The molecule has 0 unspecified atom stereocenters. The number of aliphatic carboxylic acids is 1. The molecule has 3 aromatic rings. The van der Waals surface area contributed by atoms with Crippen LogP contribution < -0.4 is 5.32 Å². The van der Waals surface area contributed by atoms with Gasteiger partial charge in [-0.1, -0.05) is 24.3 Å². The summed E-state index contributed by atoms with van der Waals surface area (Å²) in [6, 6.07) is 17.5. The molecule has 2 aliphatic rings. The second-order valence-electron chi connectivity index (χ2n) is 9.02. The zero-order valence-electron chi connectivity index (χ0n) is 17.0. The topological polar surface area (TPSA) is 95.1 Å². The van der Waals surface area contributed by atoms with Crippen molar-refractivity contribution in [1.29, 1.82) is 5.26 Å². The maximum absolute atomic E-state index is 13.1. The predicted molar refractivity (Wildman–Crippen MR) is 115 cm³/mol. The number of carboxylic acid groups (broad SMARTS) is 1. The number of nitrogens with zero attached hydrogens (tertiary/aromatic N) is 2. The molecule has 31 heavy (non-hydrogen) atoms. The van der Waals surface area contributed by atoms with Crippen LogP contribution in [0.2, 0.25) is 0 Å². The number of hydrogen-bond donors (Lipinski definition) is 2. The summed E-state index contributed by atoms with van der Waals surface area (Å²) in [6.07, 6.45) is 5.18. The molecule has 2 aromatic carbocycles. The van der Waals surface area contributed by atoms with Crippen LogP contribution >= 0.6 is 0 Å². The Labute approximate surface area is 180 Å². The van der Waals surface area contributed by atoms with E-state index in [1.165, 1.54) is 0 Å². The summed E-state index contributed by atoms with van der Waals surface area (Å²) in [5.41, 5.74) is 3.36. The van der Waals surface area contributed by atoms with Gasteiger partial charge in [0.1, 0.15) is 0 Å². The van der Waals surface area contributed by atoms with Gasteiger partial charge in [0.2, 0.25) is 0 Å². The van der Waals surface area contributed by atoms with Crippen molar-refractivity contribution in [3.8, 4) is 6.07 Å². The number of amides is 1. The molecule has 2 N–H and O–H groups in total. The summed E-state index contributed by atoms with van der Waals surface area (Å²) < 4.78 is 2.07. The highest BCUT2D eigenvalue weighted by Gasteiger charge is 2.55. The Hall–Kier alpha value is -3.59. The van der Waals surface area contributed by atoms with Crippen LogP contribution in [0.15, 0.2) is 54.7 Å². The van der Waals surface area contributed by atoms with E-state index in [9.17, 15) is 9.59 Å². The molecule has 1 amide bonds. The molecule has 1 aromatic heterocycles. The molecule has 1 spiro atoms. The Kier molecular flexibility index (Phi) is 4.55. The number of aromatic nitrogens is 1. The van der Waals surface area contributed by atoms with Gasteiger partial charge < -0.3 is 15.0 Å². The lowest BCUT2D eigenvalue weighted by Crippen LogP contribution is -2.57. The lowest BCUT2D eigenvalue weighted by Gasteiger charge is -2.56. The normalized spacial score (nSPS) is 24.2. The fourth-order valence-corrected chi connectivity index (χ4v) is 5.30. The summed E-state index contributed by atoms with van der Waals surface area (Å²) in [6.45, 7) is 0.614. The van der Waals surface area contributed by atoms with Crippen molar-refractivity contribution in [3.63, 3.8) is 0 Å². The van der Waals surface area contributed by atoms with Crippen molar-refractivity contribution < 1.29 is 14.7 Å². The van der Waals surface area contributed by atoms with Crippen molar-refractivity contribution >= 4 is 22.8 Å². The molecule has 6 nitrogen and oxygen atoms in total. The van der Waals surface area contributed by atoms with E-state index in [4.69, 9.17) is 10.4 Å². The van der Waals surface area contributed by atoms with Gasteiger partial charge in [-0.3, -0.25) is 9.59 Å². The molecular weight excluding hydrogens is 390 g/mol. The summed E-state index contributed by atoms with van der Waals surface area (Å²) in [5.74, 6) is -0.997. The molecule has 2 fully saturated rings. The molecule has 2 saturated carbocycles. The molecule has 1 heterocycles. The molecule has 0 atom stereocenters. The predicted octanol–water partition coefficient (Wildman–Crippen LogP) is 3.93. The second-order valence-corrected chi connectivity index (χ2v) is 9.02. The minimum Gasteiger partial charge on any atom is -0.481 e. The van der Waals surface area contributed by atoms with Crippen molar-refractivity contribution in [2.24, 2.45) is 11.3 Å². The molecule has 2 aliphatic carbocycles. The highest BCUT2D eigenvalue weighted by atomic mass is 16.4. The van der Waals surface area contributed by atoms with Gasteiger partial charge in [-0.2, -0.15) is 5.26 Å². The average Bonchev–Trinajstić information content (AvgIpc) is 3.11. The third kappa shape index (κ3) is 3.46. The average molecular weight is 413 g/mol. The zero-order valence-corrected chi connectivity index (χ0v) is 17.0. The Morgan fingerprint density at radius 1 is 1.10 bits per heavy atom. The molecule has 5 rings (SSSR count). The fraction of sp³-hybridized carbons (Fsp3) is 0.320. The first-order chi connectivity index (χ1) is 15.0. The van der Waals surface area contributed by atoms with E-state index in [0.29, 0.717) is 17.7 Å². The molecule has 0 bridgehead atoms. The number of nitrogens with one attached hydrogen (secondary N) is 1. The highest BCUT2D eigenvalue weighted by Crippen LogP contribution is 2.58. The molecule has 0 saturated heterocycles. The summed E-state index contributed by atoms with van der Waals surface area (Å²) in [5, 5.41) is 22.2. The fourth-order valence-electron chi connectivity index (χ4n) is 5.30. The number of nitriles is 1. The maximum Gasteiger partial charge on any atom is 0.306 e. The SMILES string of the molecule is N#Cc1ccc(Cn2ccc3cccc(C(=O)NC4CC5(C4)CC(C(=O)O)C5)c32)cc1. The third-order valence-corrected chi connectivity index (χ3v) is 6.87. The van der Waals surface area contributed by atoms with Gasteiger partial charge in [-0.05, 0) is 60.9 Å². The van der Waals surface area contributed by atoms with Crippen LogP contribution in [-0.2, 0) is 11.3 Å². The smallest absolute Gasteiger partial charge is 0.306 e. The van der Waals surface area contributed by atoms with Crippen molar-refractivity contribution in [1.82, 2.24) is 9.88 Å². The zero-order chi connectivity index (χ0) is 21.6. The quantitative estimate of drug-likeness (QED) is 0.662. The number of rotatable bonds is 5. The van der Waals surface area contributed by atoms with E-state index in [1.807, 2.05) is 42.6 Å². The number of para-hydroxylation sites is 1. The first-order valence-electron chi connectivity index (χ1n) is 10.6. The van der Waals surface area contributed by atoms with E-state index in [1.54, 1.807) is 12.1 Å². The highest BCUT2D eigenvalue weighted by molar-refractivity contribution is 6.06. The van der Waals surface area contributed by atoms with E-state index >= 15 is 0 Å². The van der Waals surface area contributed by atoms with Gasteiger partial charge >= 0.3 is 5.97 Å². The van der Waals surface area contributed by atoms with Gasteiger partial charge in [-0.25, -0.2) is 0 Å². The van der Waals surface area contributed by atoms with E-state index in [-0.39, 0.29) is 23.3 Å². The van der Waals surface area contributed by atoms with Crippen LogP contribution in [0.25, 0.3) is 10.9 Å². The largest absolute Gasteiger partial charge is 0.481 e. The summed E-state index contributed by atoms with van der Waals surface area (Å²) >= 11 is 0. The summed E-state index contributed by atoms with van der Waals surface area (Å²) in [4.78, 5) is 24.1. The minimum absolute atomic E-state index is 0.0839. The number of carbonyl (C=O) groups excluding carboxylic acids is 1. The Morgan fingerprint density at radius 2 is 1.84 bits per heavy atom. The van der Waals surface area contributed by atoms with E-state index in [0.717, 1.165) is 42.1 Å². The number of hydrogen-bond acceptors (Lipinski definition) is 3. The third-order valence-electron chi connectivity index (χ3n) is 6.87. The first-order valence-corrected chi connectivity index (χ1v) is 10.6. The van der Waals surface area contributed by atoms with Crippen LogP contribution in [-0.4, -0.2) is 27.6 Å². The Bertz CT molecular complexity index is 1210. The van der Waals surface area contributed by atoms with Gasteiger partial charge in [-0.15, -0.1) is 0 Å². The van der Waals surface area contributed by atoms with Gasteiger partial charge in [0.25, 0.3) is 5.91 Å². The number of carboxylic acids is 1. The number of fused-ring (bicyclic) bond motifs is 1. The Morgan fingerprint density at radius 3 is 2.52 bits per heavy atom. The lowest BCUT2D eigenvalue weighted by molar-refractivity contribution is -0.155.